The van der Waals surface area contributed by atoms with Gasteiger partial charge in [0.15, 0.2) is 11.6 Å². The van der Waals surface area contributed by atoms with Crippen molar-refractivity contribution in [2.75, 3.05) is 13.1 Å². The molecule has 1 N–H and O–H groups in total. The largest absolute Gasteiger partial charge is 0.472 e. The predicted octanol–water partition coefficient (Wildman–Crippen LogP) is 8.48. The fraction of sp³-hybridized carbons (Fsp3) is 0.341. The number of nitriles is 3. The molecule has 6 aromatic heterocycles. The Morgan fingerprint density at radius 1 is 0.700 bits per heavy atom. The molecule has 0 saturated carbocycles. The molecule has 8 rings (SSSR count). The molecule has 6 aromatic rings. The average Bonchev–Trinajstić information content (AvgIpc) is 4.08. The molecule has 0 spiro atoms. The zero-order chi connectivity index (χ0) is 51.1. The van der Waals surface area contributed by atoms with E-state index in [1.54, 1.807) is 59.5 Å². The topological polar surface area (TPSA) is 280 Å². The second-order valence-electron chi connectivity index (χ2n) is 15.4. The number of piperidine rings is 2. The van der Waals surface area contributed by atoms with Gasteiger partial charge >= 0.3 is 0 Å². The van der Waals surface area contributed by atoms with Gasteiger partial charge in [-0.2, -0.15) is 36.2 Å². The van der Waals surface area contributed by atoms with E-state index in [0.717, 1.165) is 25.7 Å². The molecule has 21 nitrogen and oxygen atoms in total. The average molecular weight is 1230 g/mol. The zero-order valence-corrected chi connectivity index (χ0v) is 45.4. The summed E-state index contributed by atoms with van der Waals surface area (Å²) < 4.78 is 20.5. The first kappa shape index (κ1) is 54.8. The summed E-state index contributed by atoms with van der Waals surface area (Å²) in [4.78, 5) is 60.4. The maximum Gasteiger partial charge on any atom is 0.268 e. The molecule has 0 unspecified atom stereocenters. The van der Waals surface area contributed by atoms with Gasteiger partial charge in [-0.05, 0) is 99.6 Å². The lowest BCUT2D eigenvalue weighted by Gasteiger charge is -2.38. The summed E-state index contributed by atoms with van der Waals surface area (Å²) in [7, 11) is 0. The number of hydrogen-bond donors (Lipinski definition) is 1. The van der Waals surface area contributed by atoms with Crippen LogP contribution in [0.15, 0.2) is 83.0 Å². The number of aromatic amines is 1. The molecule has 0 aromatic carbocycles. The van der Waals surface area contributed by atoms with Gasteiger partial charge in [0.2, 0.25) is 17.3 Å². The van der Waals surface area contributed by atoms with E-state index < -0.39 is 3.25 Å². The van der Waals surface area contributed by atoms with Crippen LogP contribution in [0.25, 0.3) is 11.6 Å². The molecule has 26 heteroatoms. The van der Waals surface area contributed by atoms with Gasteiger partial charge in [-0.15, -0.1) is 9.59 Å². The van der Waals surface area contributed by atoms with Crippen molar-refractivity contribution >= 4 is 77.5 Å². The Morgan fingerprint density at radius 2 is 1.13 bits per heavy atom. The Hall–Kier alpha value is -6.16. The minimum atomic E-state index is -2.20. The molecule has 70 heavy (non-hydrogen) atoms. The van der Waals surface area contributed by atoms with Crippen molar-refractivity contribution in [3.63, 3.8) is 0 Å². The molecule has 0 aliphatic carbocycles. The number of pyridine rings is 4. The van der Waals surface area contributed by atoms with Crippen LogP contribution < -0.4 is 15.0 Å². The number of carbonyl (C=O) groups excluding carboxylic acids is 2. The van der Waals surface area contributed by atoms with Crippen LogP contribution in [-0.4, -0.2) is 109 Å². The normalized spacial score (nSPS) is 17.3. The first-order valence-corrected chi connectivity index (χ1v) is 29.7. The van der Waals surface area contributed by atoms with E-state index in [1.165, 1.54) is 53.4 Å². The van der Waals surface area contributed by atoms with Crippen LogP contribution in [0.2, 0.25) is 0 Å². The first-order chi connectivity index (χ1) is 33.4. The van der Waals surface area contributed by atoms with Crippen LogP contribution >= 0.6 is 65.6 Å². The lowest BCUT2D eigenvalue weighted by atomic mass is 10.00. The quantitative estimate of drug-likeness (QED) is 0.110. The molecular formula is C44H44Br4N15O6P. The smallest absolute Gasteiger partial charge is 0.268 e. The fourth-order valence-electron chi connectivity index (χ4n) is 7.24. The number of halogens is 4. The number of H-pyrrole nitrogens is 1. The summed E-state index contributed by atoms with van der Waals surface area (Å²) in [6.07, 6.45) is 11.7. The Bertz CT molecular complexity index is 3000. The summed E-state index contributed by atoms with van der Waals surface area (Å²) in [6.45, 7) is 9.78. The number of rotatable bonds is 8. The van der Waals surface area contributed by atoms with Gasteiger partial charge in [-0.3, -0.25) is 18.9 Å². The highest BCUT2D eigenvalue weighted by atomic mass is 80.0. The Morgan fingerprint density at radius 3 is 1.59 bits per heavy atom. The number of likely N-dealkylation sites (tertiary alicyclic amines) is 2. The van der Waals surface area contributed by atoms with E-state index in [-0.39, 0.29) is 47.5 Å². The van der Waals surface area contributed by atoms with Crippen LogP contribution in [0, 0.1) is 47.8 Å². The van der Waals surface area contributed by atoms with Gasteiger partial charge in [-0.25, -0.2) is 15.0 Å². The van der Waals surface area contributed by atoms with Gasteiger partial charge in [0.1, 0.15) is 16.8 Å². The third-order valence-corrected chi connectivity index (χ3v) is 11.2. The second-order valence-corrected chi connectivity index (χ2v) is 34.6. The molecule has 0 bridgehead atoms. The minimum absolute atomic E-state index is 0.0165. The molecule has 364 valence electrons. The van der Waals surface area contributed by atoms with Crippen LogP contribution in [0.4, 0.5) is 0 Å². The SMILES string of the molecule is CC#N.Cc1c(C#N)ccnc1O[C@@H]1CC[C@@H](C)N(C(=O)c2ccc(=O)[nH]c2-n2nccn2)C1.Cc1c(C#N)ccnc1O[C@@H]1CC[C@@H](C)N(C(=O)c2ccc(Br)nc2-n2nccn2)C1.O=P(Br)(Br)Br. The number of nitrogens with zero attached hydrogens (tertiary/aromatic N) is 14. The van der Waals surface area contributed by atoms with Crippen LogP contribution in [0.5, 0.6) is 11.8 Å². The first-order valence-electron chi connectivity index (χ1n) is 21.2. The summed E-state index contributed by atoms with van der Waals surface area (Å²) in [5.74, 6) is 0.994. The van der Waals surface area contributed by atoms with E-state index in [1.807, 2.05) is 20.8 Å². The van der Waals surface area contributed by atoms with Crippen molar-refractivity contribution in [2.45, 2.75) is 84.6 Å². The van der Waals surface area contributed by atoms with Crippen LogP contribution in [0.3, 0.4) is 0 Å². The molecule has 2 saturated heterocycles. The van der Waals surface area contributed by atoms with E-state index in [9.17, 15) is 29.5 Å². The maximum atomic E-state index is 13.5. The second kappa shape index (κ2) is 25.6. The molecule has 2 aliphatic rings. The Labute approximate surface area is 434 Å². The monoisotopic (exact) mass is 1230 g/mol. The lowest BCUT2D eigenvalue weighted by Crippen LogP contribution is -2.49. The lowest BCUT2D eigenvalue weighted by molar-refractivity contribution is 0.0367. The Kier molecular flexibility index (Phi) is 20.1. The summed E-state index contributed by atoms with van der Waals surface area (Å²) in [6, 6.07) is 15.6. The van der Waals surface area contributed by atoms with E-state index in [4.69, 9.17) is 14.7 Å². The Balaban J connectivity index is 0.000000226. The highest BCUT2D eigenvalue weighted by Crippen LogP contribution is 2.68. The standard InChI is InChI=1S/C21H20BrN7O2.C21H21N7O3.C2H3N.Br3OP/c1-13-3-4-16(31-20-14(2)15(11-23)7-8-24-20)12-28(13)21(30)17-5-6-18(22)27-19(17)29-25-9-10-26-29;1-13-3-4-16(31-20-14(2)15(11-22)7-8-23-20)12-27(13)21(30)17-5-6-18(29)26-19(17)28-24-9-10-25-28;1-2-3;1-5(2,3)4/h5-10,13,16H,3-4,12H2,1-2H3;5-10,13,16H,3-4,12H2,1-2H3,(H,26,29);1H3;/t2*13-,16-;;/m11../s1. The summed E-state index contributed by atoms with van der Waals surface area (Å²) >= 11 is 11.6. The minimum Gasteiger partial charge on any atom is -0.472 e. The maximum absolute atomic E-state index is 13.5. The van der Waals surface area contributed by atoms with E-state index >= 15 is 0 Å². The van der Waals surface area contributed by atoms with E-state index in [0.29, 0.717) is 68.7 Å². The highest BCUT2D eigenvalue weighted by molar-refractivity contribution is 9.94. The molecule has 2 amide bonds. The number of nitrogens with one attached hydrogen (secondary N) is 1. The predicted molar refractivity (Wildman–Crippen MR) is 270 cm³/mol. The van der Waals surface area contributed by atoms with Gasteiger partial charge in [0.25, 0.3) is 15.1 Å². The highest BCUT2D eigenvalue weighted by Gasteiger charge is 2.34. The van der Waals surface area contributed by atoms with Gasteiger partial charge in [-0.1, -0.05) is 0 Å². The fourth-order valence-corrected chi connectivity index (χ4v) is 7.54. The van der Waals surface area contributed by atoms with Gasteiger partial charge < -0.3 is 24.3 Å². The molecule has 2 aliphatic heterocycles. The van der Waals surface area contributed by atoms with Crippen molar-refractivity contribution in [3.05, 3.63) is 122 Å². The number of hydrogen-bond acceptors (Lipinski definition) is 16. The molecule has 0 radical (unpaired) electrons. The number of ether oxygens (including phenoxy) is 2. The van der Waals surface area contributed by atoms with Crippen LogP contribution in [0.1, 0.15) is 89.4 Å². The molecule has 2 fully saturated rings. The van der Waals surface area contributed by atoms with Crippen LogP contribution in [-0.2, 0) is 4.57 Å². The summed E-state index contributed by atoms with van der Waals surface area (Å²) in [5.41, 5.74) is 2.76. The van der Waals surface area contributed by atoms with E-state index in [2.05, 4.69) is 115 Å². The van der Waals surface area contributed by atoms with Gasteiger partial charge in [0.05, 0.1) is 78.3 Å². The summed E-state index contributed by atoms with van der Waals surface area (Å²) in [5, 5.41) is 42.1. The number of carbonyl (C=O) groups is 2. The van der Waals surface area contributed by atoms with Crippen molar-refractivity contribution in [2.24, 2.45) is 0 Å². The molecule has 4 atom stereocenters. The van der Waals surface area contributed by atoms with Crippen molar-refractivity contribution in [1.29, 1.82) is 15.8 Å². The number of aromatic nitrogens is 10. The third-order valence-electron chi connectivity index (χ3n) is 10.7. The zero-order valence-electron chi connectivity index (χ0n) is 38.1. The molecule has 8 heterocycles. The van der Waals surface area contributed by atoms with Crippen molar-refractivity contribution in [1.82, 2.24) is 59.7 Å². The molecular weight excluding hydrogens is 1190 g/mol. The third kappa shape index (κ3) is 14.9. The van der Waals surface area contributed by atoms with Crippen molar-refractivity contribution < 1.29 is 23.6 Å². The van der Waals surface area contributed by atoms with Crippen molar-refractivity contribution in [3.8, 4) is 41.6 Å². The van der Waals surface area contributed by atoms with Gasteiger partial charge in [0, 0.05) is 95.1 Å². The number of amides is 2.